The average molecular weight is 293 g/mol. The Morgan fingerprint density at radius 3 is 2.43 bits per heavy atom. The minimum Gasteiger partial charge on any atom is -0.369 e. The van der Waals surface area contributed by atoms with Gasteiger partial charge in [-0.3, -0.25) is 19.7 Å². The van der Waals surface area contributed by atoms with E-state index in [1.807, 2.05) is 13.8 Å². The predicted octanol–water partition coefficient (Wildman–Crippen LogP) is 1.11. The number of nitro benzene ring substituents is 1. The molecule has 1 atom stereocenters. The number of nitro groups is 1. The molecule has 7 heteroatoms. The van der Waals surface area contributed by atoms with E-state index < -0.39 is 16.7 Å². The van der Waals surface area contributed by atoms with Crippen LogP contribution in [0.5, 0.6) is 0 Å². The first kappa shape index (κ1) is 16.6. The van der Waals surface area contributed by atoms with Crippen LogP contribution in [0, 0.1) is 16.0 Å². The highest BCUT2D eigenvalue weighted by Crippen LogP contribution is 2.17. The Labute approximate surface area is 122 Å². The summed E-state index contributed by atoms with van der Waals surface area (Å²) in [5.41, 5.74) is 5.77. The van der Waals surface area contributed by atoms with Crippen LogP contribution in [0.15, 0.2) is 24.3 Å². The number of nitrogens with two attached hydrogens (primary N) is 1. The van der Waals surface area contributed by atoms with E-state index in [1.165, 1.54) is 23.1 Å². The molecule has 0 saturated carbocycles. The molecule has 0 spiro atoms. The first-order valence-corrected chi connectivity index (χ1v) is 6.72. The molecule has 7 nitrogen and oxygen atoms in total. The summed E-state index contributed by atoms with van der Waals surface area (Å²) in [7, 11) is 0. The molecule has 21 heavy (non-hydrogen) atoms. The summed E-state index contributed by atoms with van der Waals surface area (Å²) < 4.78 is 0. The van der Waals surface area contributed by atoms with Crippen molar-refractivity contribution in [2.45, 2.75) is 20.3 Å². The second-order valence-electron chi connectivity index (χ2n) is 4.60. The van der Waals surface area contributed by atoms with Crippen LogP contribution in [-0.2, 0) is 16.0 Å². The highest BCUT2D eigenvalue weighted by atomic mass is 16.6. The van der Waals surface area contributed by atoms with Crippen molar-refractivity contribution in [1.29, 1.82) is 0 Å². The third-order valence-electron chi connectivity index (χ3n) is 3.28. The lowest BCUT2D eigenvalue weighted by Gasteiger charge is -2.23. The highest BCUT2D eigenvalue weighted by Gasteiger charge is 2.28. The van der Waals surface area contributed by atoms with Crippen LogP contribution in [0.4, 0.5) is 5.69 Å². The lowest BCUT2D eigenvalue weighted by atomic mass is 9.97. The number of nitrogens with zero attached hydrogens (tertiary/aromatic N) is 2. The number of hydrogen-bond donors (Lipinski definition) is 1. The van der Waals surface area contributed by atoms with Crippen molar-refractivity contribution in [3.05, 3.63) is 39.9 Å². The zero-order chi connectivity index (χ0) is 16.0. The quantitative estimate of drug-likeness (QED) is 0.461. The highest BCUT2D eigenvalue weighted by molar-refractivity contribution is 5.99. The summed E-state index contributed by atoms with van der Waals surface area (Å²) in [6, 6.07) is 5.87. The topological polar surface area (TPSA) is 107 Å². The zero-order valence-corrected chi connectivity index (χ0v) is 12.1. The Balaban J connectivity index is 2.98. The van der Waals surface area contributed by atoms with Crippen LogP contribution in [0.2, 0.25) is 0 Å². The second kappa shape index (κ2) is 7.37. The molecule has 114 valence electrons. The Morgan fingerprint density at radius 2 is 1.95 bits per heavy atom. The van der Waals surface area contributed by atoms with Crippen LogP contribution in [-0.4, -0.2) is 34.7 Å². The average Bonchev–Trinajstić information content (AvgIpc) is 2.45. The molecule has 0 aliphatic rings. The smallest absolute Gasteiger partial charge is 0.269 e. The summed E-state index contributed by atoms with van der Waals surface area (Å²) in [5.74, 6) is -2.08. The summed E-state index contributed by atoms with van der Waals surface area (Å²) in [6.45, 7) is 4.59. The van der Waals surface area contributed by atoms with Gasteiger partial charge >= 0.3 is 0 Å². The fourth-order valence-electron chi connectivity index (χ4n) is 2.10. The van der Waals surface area contributed by atoms with Gasteiger partial charge in [-0.05, 0) is 25.8 Å². The standard InChI is InChI=1S/C14H19N3O4/c1-3-16(4-2)14(19)12(13(15)18)9-10-6-5-7-11(8-10)17(20)21/h5-8,12H,3-4,9H2,1-2H3,(H2,15,18). The van der Waals surface area contributed by atoms with Crippen molar-refractivity contribution in [3.8, 4) is 0 Å². The lowest BCUT2D eigenvalue weighted by Crippen LogP contribution is -2.42. The summed E-state index contributed by atoms with van der Waals surface area (Å²) >= 11 is 0. The van der Waals surface area contributed by atoms with Crippen molar-refractivity contribution in [2.75, 3.05) is 13.1 Å². The third kappa shape index (κ3) is 4.27. The maximum atomic E-state index is 12.3. The Bertz CT molecular complexity index is 541. The van der Waals surface area contributed by atoms with E-state index in [2.05, 4.69) is 0 Å². The van der Waals surface area contributed by atoms with E-state index >= 15 is 0 Å². The maximum absolute atomic E-state index is 12.3. The van der Waals surface area contributed by atoms with Crippen LogP contribution in [0.25, 0.3) is 0 Å². The van der Waals surface area contributed by atoms with E-state index in [0.29, 0.717) is 18.7 Å². The molecule has 2 N–H and O–H groups in total. The predicted molar refractivity (Wildman–Crippen MR) is 77.4 cm³/mol. The SMILES string of the molecule is CCN(CC)C(=O)C(Cc1cccc([N+](=O)[O-])c1)C(N)=O. The summed E-state index contributed by atoms with van der Waals surface area (Å²) in [6.07, 6.45) is 0.0619. The molecular weight excluding hydrogens is 274 g/mol. The van der Waals surface area contributed by atoms with Gasteiger partial charge in [0.15, 0.2) is 0 Å². The Kier molecular flexibility index (Phi) is 5.83. The van der Waals surface area contributed by atoms with Gasteiger partial charge in [0.05, 0.1) is 4.92 Å². The van der Waals surface area contributed by atoms with E-state index in [9.17, 15) is 19.7 Å². The van der Waals surface area contributed by atoms with E-state index in [4.69, 9.17) is 5.73 Å². The molecular formula is C14H19N3O4. The van der Waals surface area contributed by atoms with Crippen molar-refractivity contribution < 1.29 is 14.5 Å². The zero-order valence-electron chi connectivity index (χ0n) is 12.1. The number of hydrogen-bond acceptors (Lipinski definition) is 4. The van der Waals surface area contributed by atoms with E-state index in [-0.39, 0.29) is 18.0 Å². The Hall–Kier alpha value is -2.44. The molecule has 1 aromatic carbocycles. The molecule has 1 aromatic rings. The van der Waals surface area contributed by atoms with Crippen molar-refractivity contribution in [2.24, 2.45) is 11.7 Å². The maximum Gasteiger partial charge on any atom is 0.269 e. The van der Waals surface area contributed by atoms with E-state index in [1.54, 1.807) is 6.07 Å². The number of primary amides is 1. The largest absolute Gasteiger partial charge is 0.369 e. The molecule has 0 aromatic heterocycles. The lowest BCUT2D eigenvalue weighted by molar-refractivity contribution is -0.384. The number of amides is 2. The minimum absolute atomic E-state index is 0.0619. The van der Waals surface area contributed by atoms with Crippen LogP contribution in [0.3, 0.4) is 0 Å². The molecule has 0 bridgehead atoms. The van der Waals surface area contributed by atoms with Crippen molar-refractivity contribution in [3.63, 3.8) is 0 Å². The van der Waals surface area contributed by atoms with Crippen LogP contribution < -0.4 is 5.73 Å². The number of carbonyl (C=O) groups is 2. The monoisotopic (exact) mass is 293 g/mol. The summed E-state index contributed by atoms with van der Waals surface area (Å²) in [5, 5.41) is 10.7. The van der Waals surface area contributed by atoms with Gasteiger partial charge in [-0.2, -0.15) is 0 Å². The molecule has 0 heterocycles. The van der Waals surface area contributed by atoms with Gasteiger partial charge in [0, 0.05) is 25.2 Å². The first-order chi connectivity index (χ1) is 9.90. The number of carbonyl (C=O) groups excluding carboxylic acids is 2. The molecule has 0 radical (unpaired) electrons. The van der Waals surface area contributed by atoms with Gasteiger partial charge in [-0.15, -0.1) is 0 Å². The fourth-order valence-corrected chi connectivity index (χ4v) is 2.10. The molecule has 1 rings (SSSR count). The van der Waals surface area contributed by atoms with Crippen LogP contribution in [0.1, 0.15) is 19.4 Å². The van der Waals surface area contributed by atoms with Gasteiger partial charge in [-0.25, -0.2) is 0 Å². The second-order valence-corrected chi connectivity index (χ2v) is 4.60. The van der Waals surface area contributed by atoms with Crippen molar-refractivity contribution in [1.82, 2.24) is 4.90 Å². The van der Waals surface area contributed by atoms with Gasteiger partial charge in [0.1, 0.15) is 5.92 Å². The van der Waals surface area contributed by atoms with Gasteiger partial charge in [0.25, 0.3) is 5.69 Å². The molecule has 0 fully saturated rings. The normalized spacial score (nSPS) is 11.7. The van der Waals surface area contributed by atoms with E-state index in [0.717, 1.165) is 0 Å². The van der Waals surface area contributed by atoms with Crippen molar-refractivity contribution >= 4 is 17.5 Å². The fraction of sp³-hybridized carbons (Fsp3) is 0.429. The first-order valence-electron chi connectivity index (χ1n) is 6.72. The Morgan fingerprint density at radius 1 is 1.33 bits per heavy atom. The number of benzene rings is 1. The summed E-state index contributed by atoms with van der Waals surface area (Å²) in [4.78, 5) is 35.6. The van der Waals surface area contributed by atoms with Gasteiger partial charge in [0.2, 0.25) is 11.8 Å². The van der Waals surface area contributed by atoms with Crippen LogP contribution >= 0.6 is 0 Å². The van der Waals surface area contributed by atoms with Gasteiger partial charge < -0.3 is 10.6 Å². The molecule has 0 aliphatic carbocycles. The third-order valence-corrected chi connectivity index (χ3v) is 3.28. The molecule has 0 saturated heterocycles. The minimum atomic E-state index is -1.01. The molecule has 1 unspecified atom stereocenters. The number of non-ortho nitro benzene ring substituents is 1. The van der Waals surface area contributed by atoms with Gasteiger partial charge in [-0.1, -0.05) is 12.1 Å². The number of rotatable bonds is 7. The molecule has 0 aliphatic heterocycles. The molecule has 2 amide bonds.